The molecule has 0 atom stereocenters. The van der Waals surface area contributed by atoms with E-state index in [1.807, 2.05) is 25.1 Å². The molecule has 1 fully saturated rings. The molecule has 0 radical (unpaired) electrons. The molecule has 0 spiro atoms. The molecule has 2 aromatic rings. The molecular weight excluding hydrogens is 363 g/mol. The largest absolute Gasteiger partial charge is 0.477 e. The molecule has 1 aromatic heterocycles. The number of unbranched alkanes of at least 4 members (excludes halogenated alkanes) is 1. The summed E-state index contributed by atoms with van der Waals surface area (Å²) in [6.07, 6.45) is 12.3. The van der Waals surface area contributed by atoms with Crippen LogP contribution in [-0.4, -0.2) is 16.8 Å². The van der Waals surface area contributed by atoms with Crippen molar-refractivity contribution >= 4 is 0 Å². The summed E-state index contributed by atoms with van der Waals surface area (Å²) >= 11 is 0. The molecule has 0 N–H and O–H groups in total. The summed E-state index contributed by atoms with van der Waals surface area (Å²) in [7, 11) is 0. The molecule has 3 nitrogen and oxygen atoms in total. The van der Waals surface area contributed by atoms with Gasteiger partial charge in [0.1, 0.15) is 5.82 Å². The van der Waals surface area contributed by atoms with Gasteiger partial charge in [-0.1, -0.05) is 70.9 Å². The third-order valence-electron chi connectivity index (χ3n) is 6.20. The quantitative estimate of drug-likeness (QED) is 0.432. The van der Waals surface area contributed by atoms with E-state index in [1.54, 1.807) is 12.1 Å². The lowest BCUT2D eigenvalue weighted by atomic mass is 9.78. The van der Waals surface area contributed by atoms with E-state index in [4.69, 9.17) is 4.74 Å². The summed E-state index contributed by atoms with van der Waals surface area (Å²) in [5, 5.41) is 8.25. The maximum atomic E-state index is 14.7. The second kappa shape index (κ2) is 11.3. The minimum Gasteiger partial charge on any atom is -0.477 e. The Labute approximate surface area is 175 Å². The van der Waals surface area contributed by atoms with Crippen LogP contribution in [0.2, 0.25) is 0 Å². The van der Waals surface area contributed by atoms with E-state index in [9.17, 15) is 4.39 Å². The fraction of sp³-hybridized carbons (Fsp3) is 0.600. The van der Waals surface area contributed by atoms with Crippen molar-refractivity contribution in [2.45, 2.75) is 78.1 Å². The lowest BCUT2D eigenvalue weighted by molar-refractivity contribution is 0.249. The molecule has 29 heavy (non-hydrogen) atoms. The maximum Gasteiger partial charge on any atom is 0.233 e. The second-order valence-corrected chi connectivity index (χ2v) is 8.48. The van der Waals surface area contributed by atoms with Crippen LogP contribution in [0.25, 0.3) is 11.3 Å². The van der Waals surface area contributed by atoms with Gasteiger partial charge in [0.2, 0.25) is 5.88 Å². The Bertz CT molecular complexity index is 739. The number of aromatic nitrogens is 2. The predicted molar refractivity (Wildman–Crippen MR) is 117 cm³/mol. The predicted octanol–water partition coefficient (Wildman–Crippen LogP) is 7.00. The van der Waals surface area contributed by atoms with Crippen LogP contribution in [0.15, 0.2) is 30.3 Å². The zero-order valence-corrected chi connectivity index (χ0v) is 18.0. The first-order valence-corrected chi connectivity index (χ1v) is 11.4. The fourth-order valence-corrected chi connectivity index (χ4v) is 4.33. The van der Waals surface area contributed by atoms with Gasteiger partial charge in [0.05, 0.1) is 12.3 Å². The number of hydrogen-bond acceptors (Lipinski definition) is 3. The minimum absolute atomic E-state index is 0.132. The molecule has 4 heteroatoms. The molecule has 0 bridgehead atoms. The molecule has 1 aliphatic rings. The molecule has 158 valence electrons. The molecule has 3 rings (SSSR count). The average molecular weight is 399 g/mol. The number of hydrogen-bond donors (Lipinski definition) is 0. The first-order valence-electron chi connectivity index (χ1n) is 11.4. The summed E-state index contributed by atoms with van der Waals surface area (Å²) in [4.78, 5) is 0. The van der Waals surface area contributed by atoms with Crippen molar-refractivity contribution in [2.75, 3.05) is 6.61 Å². The molecule has 1 saturated carbocycles. The Morgan fingerprint density at radius 2 is 1.69 bits per heavy atom. The van der Waals surface area contributed by atoms with E-state index in [0.29, 0.717) is 18.2 Å². The Hall–Kier alpha value is -1.97. The summed E-state index contributed by atoms with van der Waals surface area (Å²) < 4.78 is 20.1. The van der Waals surface area contributed by atoms with Crippen LogP contribution in [0.4, 0.5) is 4.39 Å². The molecule has 0 saturated heterocycles. The Morgan fingerprint density at radius 1 is 0.931 bits per heavy atom. The highest BCUT2D eigenvalue weighted by molar-refractivity contribution is 5.59. The first-order chi connectivity index (χ1) is 14.2. The van der Waals surface area contributed by atoms with Gasteiger partial charge >= 0.3 is 0 Å². The number of aryl methyl sites for hydroxylation is 1. The van der Waals surface area contributed by atoms with Crippen molar-refractivity contribution in [1.29, 1.82) is 0 Å². The van der Waals surface area contributed by atoms with E-state index in [2.05, 4.69) is 17.1 Å². The normalized spacial score (nSPS) is 19.3. The van der Waals surface area contributed by atoms with Crippen molar-refractivity contribution in [1.82, 2.24) is 10.2 Å². The standard InChI is InChI=1S/C25H35FN2O/c1-3-5-6-19-7-9-20(10-8-19)11-12-21-13-14-22(18-23(21)26)24-15-16-25(28-27-24)29-17-4-2/h13-16,18-20H,3-12,17H2,1-2H3. The van der Waals surface area contributed by atoms with Crippen LogP contribution in [0, 0.1) is 17.7 Å². The van der Waals surface area contributed by atoms with Gasteiger partial charge in [0.15, 0.2) is 0 Å². The first kappa shape index (κ1) is 21.7. The zero-order valence-electron chi connectivity index (χ0n) is 18.0. The summed E-state index contributed by atoms with van der Waals surface area (Å²) in [6, 6.07) is 9.09. The van der Waals surface area contributed by atoms with E-state index >= 15 is 0 Å². The van der Waals surface area contributed by atoms with Crippen molar-refractivity contribution in [3.63, 3.8) is 0 Å². The van der Waals surface area contributed by atoms with Gasteiger partial charge in [-0.15, -0.1) is 10.2 Å². The number of nitrogens with zero attached hydrogens (tertiary/aromatic N) is 2. The average Bonchev–Trinajstić information content (AvgIpc) is 2.76. The van der Waals surface area contributed by atoms with E-state index in [-0.39, 0.29) is 5.82 Å². The summed E-state index contributed by atoms with van der Waals surface area (Å²) in [5.74, 6) is 2.07. The Kier molecular flexibility index (Phi) is 8.45. The van der Waals surface area contributed by atoms with Gasteiger partial charge in [-0.3, -0.25) is 0 Å². The van der Waals surface area contributed by atoms with Crippen LogP contribution in [0.5, 0.6) is 5.88 Å². The third-order valence-corrected chi connectivity index (χ3v) is 6.20. The number of halogens is 1. The zero-order chi connectivity index (χ0) is 20.5. The number of benzene rings is 1. The van der Waals surface area contributed by atoms with Gasteiger partial charge in [0, 0.05) is 11.6 Å². The van der Waals surface area contributed by atoms with Gasteiger partial charge in [0.25, 0.3) is 0 Å². The van der Waals surface area contributed by atoms with Gasteiger partial charge in [-0.2, -0.15) is 0 Å². The number of rotatable bonds is 10. The van der Waals surface area contributed by atoms with Crippen LogP contribution in [0.3, 0.4) is 0 Å². The van der Waals surface area contributed by atoms with Crippen molar-refractivity contribution in [3.8, 4) is 17.1 Å². The molecule has 1 heterocycles. The second-order valence-electron chi connectivity index (χ2n) is 8.48. The van der Waals surface area contributed by atoms with Crippen molar-refractivity contribution < 1.29 is 9.13 Å². The van der Waals surface area contributed by atoms with Gasteiger partial charge < -0.3 is 4.74 Å². The van der Waals surface area contributed by atoms with Crippen LogP contribution < -0.4 is 4.74 Å². The minimum atomic E-state index is -0.132. The lowest BCUT2D eigenvalue weighted by Crippen LogP contribution is -2.15. The summed E-state index contributed by atoms with van der Waals surface area (Å²) in [6.45, 7) is 4.94. The van der Waals surface area contributed by atoms with Gasteiger partial charge in [-0.05, 0) is 48.8 Å². The molecule has 0 amide bonds. The SMILES string of the molecule is CCCCC1CCC(CCc2ccc(-c3ccc(OCCC)nn3)cc2F)CC1. The monoisotopic (exact) mass is 398 g/mol. The lowest BCUT2D eigenvalue weighted by Gasteiger charge is -2.28. The van der Waals surface area contributed by atoms with Crippen molar-refractivity contribution in [3.05, 3.63) is 41.7 Å². The molecule has 0 unspecified atom stereocenters. The van der Waals surface area contributed by atoms with Gasteiger partial charge in [-0.25, -0.2) is 4.39 Å². The van der Waals surface area contributed by atoms with Crippen LogP contribution in [-0.2, 0) is 6.42 Å². The third kappa shape index (κ3) is 6.52. The van der Waals surface area contributed by atoms with Crippen molar-refractivity contribution in [2.24, 2.45) is 11.8 Å². The van der Waals surface area contributed by atoms with Crippen LogP contribution in [0.1, 0.15) is 77.2 Å². The molecular formula is C25H35FN2O. The van der Waals surface area contributed by atoms with E-state index < -0.39 is 0 Å². The molecule has 1 aromatic carbocycles. The summed E-state index contributed by atoms with van der Waals surface area (Å²) in [5.41, 5.74) is 2.25. The topological polar surface area (TPSA) is 35.0 Å². The smallest absolute Gasteiger partial charge is 0.233 e. The van der Waals surface area contributed by atoms with Crippen LogP contribution >= 0.6 is 0 Å². The maximum absolute atomic E-state index is 14.7. The van der Waals surface area contributed by atoms with E-state index in [1.165, 1.54) is 44.9 Å². The Morgan fingerprint density at radius 3 is 2.31 bits per heavy atom. The molecule has 1 aliphatic carbocycles. The molecule has 0 aliphatic heterocycles. The highest BCUT2D eigenvalue weighted by atomic mass is 19.1. The number of ether oxygens (including phenoxy) is 1. The highest BCUT2D eigenvalue weighted by Gasteiger charge is 2.21. The Balaban J connectivity index is 1.51. The highest BCUT2D eigenvalue weighted by Crippen LogP contribution is 2.34. The fourth-order valence-electron chi connectivity index (χ4n) is 4.33. The van der Waals surface area contributed by atoms with E-state index in [0.717, 1.165) is 42.2 Å².